The molecule has 2 N–H and O–H groups in total. The van der Waals surface area contributed by atoms with Crippen molar-refractivity contribution in [3.8, 4) is 16.9 Å². The van der Waals surface area contributed by atoms with Gasteiger partial charge in [0.2, 0.25) is 10.0 Å². The quantitative estimate of drug-likeness (QED) is 0.655. The van der Waals surface area contributed by atoms with Gasteiger partial charge in [-0.25, -0.2) is 40.2 Å². The van der Waals surface area contributed by atoms with E-state index in [1.165, 1.54) is 19.1 Å². The number of rotatable bonds is 4. The predicted molar refractivity (Wildman–Crippen MR) is 89.9 cm³/mol. The molecule has 0 bridgehead atoms. The molecule has 0 aliphatic rings. The van der Waals surface area contributed by atoms with E-state index in [1.54, 1.807) is 0 Å². The maximum atomic E-state index is 14.5. The summed E-state index contributed by atoms with van der Waals surface area (Å²) in [6, 6.07) is 5.29. The summed E-state index contributed by atoms with van der Waals surface area (Å²) in [4.78, 5) is -1.08. The molecule has 2 aromatic carbocycles. The molecule has 0 aliphatic carbocycles. The average Bonchev–Trinajstić information content (AvgIpc) is 3.03. The lowest BCUT2D eigenvalue weighted by Crippen LogP contribution is -2.15. The normalized spacial score (nSPS) is 12.0. The molecule has 0 amide bonds. The molecule has 0 atom stereocenters. The van der Waals surface area contributed by atoms with Crippen LogP contribution in [0.25, 0.3) is 16.9 Å². The van der Waals surface area contributed by atoms with Crippen molar-refractivity contribution in [1.82, 2.24) is 9.78 Å². The van der Waals surface area contributed by atoms with Gasteiger partial charge in [-0.15, -0.1) is 0 Å². The van der Waals surface area contributed by atoms with Crippen LogP contribution in [0.5, 0.6) is 0 Å². The van der Waals surface area contributed by atoms with Crippen LogP contribution < -0.4 is 5.14 Å². The highest BCUT2D eigenvalue weighted by Gasteiger charge is 2.24. The van der Waals surface area contributed by atoms with Crippen molar-refractivity contribution < 1.29 is 30.4 Å². The molecule has 0 aliphatic heterocycles. The van der Waals surface area contributed by atoms with E-state index in [4.69, 9.17) is 5.14 Å². The van der Waals surface area contributed by atoms with E-state index in [0.29, 0.717) is 12.1 Å². The predicted octanol–water partition coefficient (Wildman–Crippen LogP) is 3.85. The van der Waals surface area contributed by atoms with Crippen LogP contribution >= 0.6 is 0 Å². The number of sulfonamides is 1. The van der Waals surface area contributed by atoms with Gasteiger partial charge in [-0.2, -0.15) is 5.10 Å². The van der Waals surface area contributed by atoms with E-state index in [2.05, 4.69) is 5.10 Å². The minimum atomic E-state index is -4.53. The van der Waals surface area contributed by atoms with Gasteiger partial charge < -0.3 is 0 Å². The number of primary sulfonamides is 1. The first-order valence-electron chi connectivity index (χ1n) is 7.66. The van der Waals surface area contributed by atoms with Crippen molar-refractivity contribution in [2.75, 3.05) is 0 Å². The van der Waals surface area contributed by atoms with Crippen molar-refractivity contribution in [2.24, 2.45) is 5.14 Å². The average molecular weight is 417 g/mol. The molecule has 11 heteroatoms. The Bertz CT molecular complexity index is 1180. The van der Waals surface area contributed by atoms with Gasteiger partial charge in [-0.1, -0.05) is 0 Å². The lowest BCUT2D eigenvalue weighted by molar-refractivity contribution is 0.145. The molecule has 0 unspecified atom stereocenters. The Hall–Kier alpha value is -2.79. The van der Waals surface area contributed by atoms with E-state index in [-0.39, 0.29) is 16.9 Å². The van der Waals surface area contributed by atoms with Crippen LogP contribution in [-0.2, 0) is 10.0 Å². The van der Waals surface area contributed by atoms with Crippen molar-refractivity contribution in [3.63, 3.8) is 0 Å². The van der Waals surface area contributed by atoms with Gasteiger partial charge in [0, 0.05) is 5.56 Å². The molecule has 0 radical (unpaired) electrons. The lowest BCUT2D eigenvalue weighted by Gasteiger charge is -2.11. The van der Waals surface area contributed by atoms with Gasteiger partial charge in [0.05, 0.1) is 11.4 Å². The van der Waals surface area contributed by atoms with E-state index in [0.717, 1.165) is 16.8 Å². The van der Waals surface area contributed by atoms with E-state index in [1.807, 2.05) is 0 Å². The Morgan fingerprint density at radius 3 is 2.25 bits per heavy atom. The van der Waals surface area contributed by atoms with Crippen molar-refractivity contribution in [2.45, 2.75) is 18.2 Å². The fourth-order valence-electron chi connectivity index (χ4n) is 2.60. The molecule has 0 fully saturated rings. The molecule has 28 heavy (non-hydrogen) atoms. The van der Waals surface area contributed by atoms with E-state index >= 15 is 0 Å². The van der Waals surface area contributed by atoms with Crippen LogP contribution in [0.4, 0.5) is 22.0 Å². The third-order valence-corrected chi connectivity index (χ3v) is 4.87. The fourth-order valence-corrected chi connectivity index (χ4v) is 3.20. The first-order valence-corrected chi connectivity index (χ1v) is 9.20. The Labute approximate surface area is 156 Å². The summed E-state index contributed by atoms with van der Waals surface area (Å²) in [7, 11) is -4.53. The van der Waals surface area contributed by atoms with Crippen LogP contribution in [0.1, 0.15) is 17.7 Å². The molecule has 148 valence electrons. The van der Waals surface area contributed by atoms with Gasteiger partial charge in [-0.05, 0) is 48.9 Å². The molecule has 3 rings (SSSR count). The summed E-state index contributed by atoms with van der Waals surface area (Å²) in [5.41, 5.74) is -1.23. The number of benzene rings is 2. The van der Waals surface area contributed by atoms with Crippen LogP contribution in [-0.4, -0.2) is 18.2 Å². The first kappa shape index (κ1) is 20.0. The zero-order chi connectivity index (χ0) is 20.8. The number of alkyl halides is 2. The van der Waals surface area contributed by atoms with Crippen LogP contribution in [0.15, 0.2) is 41.3 Å². The highest BCUT2D eigenvalue weighted by atomic mass is 32.2. The summed E-state index contributed by atoms with van der Waals surface area (Å²) in [6.45, 7) is 1.43. The highest BCUT2D eigenvalue weighted by molar-refractivity contribution is 7.89. The van der Waals surface area contributed by atoms with Gasteiger partial charge in [0.1, 0.15) is 28.0 Å². The number of hydrogen-bond acceptors (Lipinski definition) is 3. The number of hydrogen-bond donors (Lipinski definition) is 1. The number of aryl methyl sites for hydroxylation is 1. The summed E-state index contributed by atoms with van der Waals surface area (Å²) >= 11 is 0. The molecule has 0 saturated carbocycles. The Balaban J connectivity index is 2.27. The smallest absolute Gasteiger partial charge is 0.233 e. The summed E-state index contributed by atoms with van der Waals surface area (Å²) in [6.07, 6.45) is -3.02. The van der Waals surface area contributed by atoms with Gasteiger partial charge in [0.25, 0.3) is 6.43 Å². The molecule has 5 nitrogen and oxygen atoms in total. The first-order chi connectivity index (χ1) is 13.0. The third-order valence-electron chi connectivity index (χ3n) is 3.94. The Morgan fingerprint density at radius 1 is 1.00 bits per heavy atom. The topological polar surface area (TPSA) is 78.0 Å². The van der Waals surface area contributed by atoms with Crippen molar-refractivity contribution in [3.05, 3.63) is 65.1 Å². The minimum Gasteiger partial charge on any atom is -0.233 e. The zero-order valence-corrected chi connectivity index (χ0v) is 14.9. The molecule has 0 spiro atoms. The second kappa shape index (κ2) is 6.99. The summed E-state index contributed by atoms with van der Waals surface area (Å²) in [5, 5.41) is 8.51. The van der Waals surface area contributed by atoms with Crippen molar-refractivity contribution in [1.29, 1.82) is 0 Å². The minimum absolute atomic E-state index is 0.121. The summed E-state index contributed by atoms with van der Waals surface area (Å²) in [5.74, 6) is -3.13. The number of nitrogens with zero attached hydrogens (tertiary/aromatic N) is 2. The second-order valence-corrected chi connectivity index (χ2v) is 7.44. The van der Waals surface area contributed by atoms with Crippen LogP contribution in [0.3, 0.4) is 0 Å². The number of halogens is 5. The molecular weight excluding hydrogens is 405 g/mol. The van der Waals surface area contributed by atoms with Gasteiger partial charge in [-0.3, -0.25) is 0 Å². The maximum absolute atomic E-state index is 14.5. The maximum Gasteiger partial charge on any atom is 0.282 e. The molecule has 3 aromatic rings. The van der Waals surface area contributed by atoms with Crippen LogP contribution in [0.2, 0.25) is 0 Å². The third kappa shape index (κ3) is 3.62. The SMILES string of the molecule is Cc1cc(-n2nc(C(F)F)cc2-c2cc(F)c(S(N)(=O)=O)cc2F)ccc1F. The number of aromatic nitrogens is 2. The Morgan fingerprint density at radius 2 is 1.68 bits per heavy atom. The molecule has 1 aromatic heterocycles. The molecular formula is C17H12F5N3O2S. The van der Waals surface area contributed by atoms with Crippen molar-refractivity contribution >= 4 is 10.0 Å². The highest BCUT2D eigenvalue weighted by Crippen LogP contribution is 2.32. The standard InChI is InChI=1S/C17H12F5N3O2S/c1-8-4-9(2-3-11(8)18)25-15(7-14(24-25)17(21)22)10-5-13(20)16(6-12(10)19)28(23,26)27/h2-7,17H,1H3,(H2,23,26,27). The van der Waals surface area contributed by atoms with E-state index < -0.39 is 50.1 Å². The largest absolute Gasteiger partial charge is 0.282 e. The second-order valence-electron chi connectivity index (χ2n) is 5.91. The summed E-state index contributed by atoms with van der Waals surface area (Å²) < 4.78 is 92.0. The molecule has 1 heterocycles. The van der Waals surface area contributed by atoms with Gasteiger partial charge in [0.15, 0.2) is 0 Å². The Kier molecular flexibility index (Phi) is 4.98. The zero-order valence-electron chi connectivity index (χ0n) is 14.1. The molecule has 0 saturated heterocycles. The van der Waals surface area contributed by atoms with Gasteiger partial charge >= 0.3 is 0 Å². The fraction of sp³-hybridized carbons (Fsp3) is 0.118. The number of nitrogens with two attached hydrogens (primary N) is 1. The van der Waals surface area contributed by atoms with E-state index in [9.17, 15) is 30.4 Å². The lowest BCUT2D eigenvalue weighted by atomic mass is 10.1. The van der Waals surface area contributed by atoms with Crippen LogP contribution in [0, 0.1) is 24.4 Å². The monoisotopic (exact) mass is 417 g/mol.